The second-order valence-electron chi connectivity index (χ2n) is 5.68. The molecule has 2 amide bonds. The highest BCUT2D eigenvalue weighted by Crippen LogP contribution is 2.22. The number of para-hydroxylation sites is 1. The van der Waals surface area contributed by atoms with Crippen molar-refractivity contribution in [3.8, 4) is 0 Å². The van der Waals surface area contributed by atoms with E-state index in [2.05, 4.69) is 10.6 Å². The molecular weight excluding hydrogens is 370 g/mol. The van der Waals surface area contributed by atoms with Crippen LogP contribution in [0.5, 0.6) is 0 Å². The molecule has 4 N–H and O–H groups in total. The lowest BCUT2D eigenvalue weighted by molar-refractivity contribution is -0.133. The van der Waals surface area contributed by atoms with Gasteiger partial charge in [-0.2, -0.15) is 0 Å². The Labute approximate surface area is 161 Å². The van der Waals surface area contributed by atoms with E-state index >= 15 is 0 Å². The normalized spacial score (nSPS) is 10.1. The summed E-state index contributed by atoms with van der Waals surface area (Å²) in [7, 11) is 0. The van der Waals surface area contributed by atoms with E-state index in [0.29, 0.717) is 11.4 Å². The molecule has 7 nitrogen and oxygen atoms in total. The third kappa shape index (κ3) is 5.72. The highest BCUT2D eigenvalue weighted by molar-refractivity contribution is 6.44. The molecule has 0 aliphatic heterocycles. The zero-order chi connectivity index (χ0) is 19.8. The van der Waals surface area contributed by atoms with Gasteiger partial charge >= 0.3 is 17.8 Å². The lowest BCUT2D eigenvalue weighted by Gasteiger charge is -2.11. The molecule has 0 atom stereocenters. The summed E-state index contributed by atoms with van der Waals surface area (Å²) in [5, 5.41) is 5.09. The molecule has 0 spiro atoms. The fourth-order valence-corrected chi connectivity index (χ4v) is 2.31. The van der Waals surface area contributed by atoms with Crippen molar-refractivity contribution < 1.29 is 19.1 Å². The number of rotatable bonds is 6. The highest BCUT2D eigenvalue weighted by atomic mass is 35.5. The number of unbranched alkanes of at least 4 members (excludes halogenated alkanes) is 1. The van der Waals surface area contributed by atoms with Gasteiger partial charge in [-0.1, -0.05) is 37.1 Å². The van der Waals surface area contributed by atoms with Crippen LogP contribution in [-0.2, 0) is 14.3 Å². The number of hydrogen-bond acceptors (Lipinski definition) is 5. The number of carbonyl (C=O) groups is 3. The number of hydrogen-bond donors (Lipinski definition) is 3. The highest BCUT2D eigenvalue weighted by Gasteiger charge is 2.19. The molecule has 0 aromatic heterocycles. The lowest BCUT2D eigenvalue weighted by Crippen LogP contribution is -2.29. The smallest absolute Gasteiger partial charge is 0.340 e. The minimum absolute atomic E-state index is 0.172. The van der Waals surface area contributed by atoms with Crippen LogP contribution in [-0.4, -0.2) is 24.4 Å². The number of benzene rings is 2. The summed E-state index contributed by atoms with van der Waals surface area (Å²) < 4.78 is 5.15. The minimum Gasteiger partial charge on any atom is -0.462 e. The van der Waals surface area contributed by atoms with E-state index in [1.807, 2.05) is 6.92 Å². The fourth-order valence-electron chi connectivity index (χ4n) is 2.13. The van der Waals surface area contributed by atoms with Crippen molar-refractivity contribution in [3.05, 3.63) is 53.1 Å². The van der Waals surface area contributed by atoms with Crippen LogP contribution >= 0.6 is 11.6 Å². The summed E-state index contributed by atoms with van der Waals surface area (Å²) in [6.45, 7) is 2.27. The summed E-state index contributed by atoms with van der Waals surface area (Å²) in [6, 6.07) is 10.8. The fraction of sp³-hybridized carbons (Fsp3) is 0.211. The van der Waals surface area contributed by atoms with Crippen molar-refractivity contribution >= 4 is 46.4 Å². The van der Waals surface area contributed by atoms with Crippen molar-refractivity contribution in [3.63, 3.8) is 0 Å². The Morgan fingerprint density at radius 2 is 1.78 bits per heavy atom. The van der Waals surface area contributed by atoms with E-state index in [-0.39, 0.29) is 22.9 Å². The molecule has 8 heteroatoms. The molecule has 0 bridgehead atoms. The van der Waals surface area contributed by atoms with Crippen LogP contribution in [0, 0.1) is 0 Å². The molecule has 142 valence electrons. The average Bonchev–Trinajstić information content (AvgIpc) is 2.65. The summed E-state index contributed by atoms with van der Waals surface area (Å²) in [5.41, 5.74) is 6.64. The van der Waals surface area contributed by atoms with E-state index in [9.17, 15) is 14.4 Å². The van der Waals surface area contributed by atoms with Gasteiger partial charge in [0.25, 0.3) is 0 Å². The Hall–Kier alpha value is -3.06. The van der Waals surface area contributed by atoms with Crippen LogP contribution in [0.4, 0.5) is 17.1 Å². The standard InChI is InChI=1S/C19H20ClN3O4/c1-2-3-10-27-19(26)13-6-4-5-7-16(13)23-18(25)17(24)22-12-8-9-15(21)14(20)11-12/h4-9,11H,2-3,10,21H2,1H3,(H,22,24)(H,23,25). The molecular formula is C19H20ClN3O4. The molecule has 0 saturated carbocycles. The molecule has 2 aromatic rings. The van der Waals surface area contributed by atoms with E-state index in [1.54, 1.807) is 12.1 Å². The molecule has 2 rings (SSSR count). The molecule has 0 radical (unpaired) electrons. The summed E-state index contributed by atoms with van der Waals surface area (Å²) >= 11 is 5.89. The van der Waals surface area contributed by atoms with E-state index in [1.165, 1.54) is 30.3 Å². The topological polar surface area (TPSA) is 111 Å². The van der Waals surface area contributed by atoms with Gasteiger partial charge < -0.3 is 21.1 Å². The zero-order valence-corrected chi connectivity index (χ0v) is 15.5. The van der Waals surface area contributed by atoms with E-state index in [0.717, 1.165) is 12.8 Å². The molecule has 0 unspecified atom stereocenters. The predicted molar refractivity (Wildman–Crippen MR) is 105 cm³/mol. The molecule has 0 fully saturated rings. The van der Waals surface area contributed by atoms with Crippen LogP contribution in [0.1, 0.15) is 30.1 Å². The Bertz CT molecular complexity index is 855. The van der Waals surface area contributed by atoms with Crippen LogP contribution in [0.2, 0.25) is 5.02 Å². The van der Waals surface area contributed by atoms with Crippen molar-refractivity contribution in [1.82, 2.24) is 0 Å². The Morgan fingerprint density at radius 1 is 1.07 bits per heavy atom. The largest absolute Gasteiger partial charge is 0.462 e. The van der Waals surface area contributed by atoms with Crippen molar-refractivity contribution in [2.24, 2.45) is 0 Å². The lowest BCUT2D eigenvalue weighted by atomic mass is 10.1. The number of ether oxygens (including phenoxy) is 1. The number of carbonyl (C=O) groups excluding carboxylic acids is 3. The predicted octanol–water partition coefficient (Wildman–Crippen LogP) is 3.46. The number of amides is 2. The number of esters is 1. The van der Waals surface area contributed by atoms with Crippen LogP contribution in [0.3, 0.4) is 0 Å². The number of nitrogens with two attached hydrogens (primary N) is 1. The number of halogens is 1. The van der Waals surface area contributed by atoms with Gasteiger partial charge in [0.15, 0.2) is 0 Å². The quantitative estimate of drug-likeness (QED) is 0.303. The van der Waals surface area contributed by atoms with Crippen molar-refractivity contribution in [2.75, 3.05) is 23.0 Å². The van der Waals surface area contributed by atoms with Gasteiger partial charge in [-0.3, -0.25) is 9.59 Å². The molecule has 0 aliphatic rings. The summed E-state index contributed by atoms with van der Waals surface area (Å²) in [4.78, 5) is 36.4. The second-order valence-corrected chi connectivity index (χ2v) is 6.09. The van der Waals surface area contributed by atoms with Gasteiger partial charge in [-0.25, -0.2) is 4.79 Å². The first-order valence-corrected chi connectivity index (χ1v) is 8.73. The maximum atomic E-state index is 12.2. The summed E-state index contributed by atoms with van der Waals surface area (Å²) in [5.74, 6) is -2.41. The zero-order valence-electron chi connectivity index (χ0n) is 14.8. The average molecular weight is 390 g/mol. The van der Waals surface area contributed by atoms with Crippen LogP contribution in [0.25, 0.3) is 0 Å². The van der Waals surface area contributed by atoms with Crippen LogP contribution in [0.15, 0.2) is 42.5 Å². The van der Waals surface area contributed by atoms with Gasteiger partial charge in [0.05, 0.1) is 28.6 Å². The number of nitrogens with one attached hydrogen (secondary N) is 2. The van der Waals surface area contributed by atoms with Crippen LogP contribution < -0.4 is 16.4 Å². The molecule has 0 heterocycles. The first kappa shape index (κ1) is 20.3. The monoisotopic (exact) mass is 389 g/mol. The first-order chi connectivity index (χ1) is 12.9. The second kappa shape index (κ2) is 9.59. The Balaban J connectivity index is 2.05. The van der Waals surface area contributed by atoms with Gasteiger partial charge in [-0.15, -0.1) is 0 Å². The van der Waals surface area contributed by atoms with Gasteiger partial charge in [0.1, 0.15) is 0 Å². The first-order valence-electron chi connectivity index (χ1n) is 8.36. The molecule has 27 heavy (non-hydrogen) atoms. The van der Waals surface area contributed by atoms with Gasteiger partial charge in [0, 0.05) is 5.69 Å². The molecule has 0 aliphatic carbocycles. The number of anilines is 3. The van der Waals surface area contributed by atoms with E-state index < -0.39 is 17.8 Å². The molecule has 2 aromatic carbocycles. The molecule has 0 saturated heterocycles. The summed E-state index contributed by atoms with van der Waals surface area (Å²) in [6.07, 6.45) is 1.63. The third-order valence-electron chi connectivity index (χ3n) is 3.59. The maximum Gasteiger partial charge on any atom is 0.340 e. The minimum atomic E-state index is -0.934. The SMILES string of the molecule is CCCCOC(=O)c1ccccc1NC(=O)C(=O)Nc1ccc(N)c(Cl)c1. The van der Waals surface area contributed by atoms with Crippen molar-refractivity contribution in [2.45, 2.75) is 19.8 Å². The van der Waals surface area contributed by atoms with Gasteiger partial charge in [-0.05, 0) is 36.8 Å². The van der Waals surface area contributed by atoms with E-state index in [4.69, 9.17) is 22.1 Å². The Kier molecular flexibility index (Phi) is 7.19. The number of nitrogen functional groups attached to an aromatic ring is 1. The van der Waals surface area contributed by atoms with Crippen molar-refractivity contribution in [1.29, 1.82) is 0 Å². The third-order valence-corrected chi connectivity index (χ3v) is 3.92. The maximum absolute atomic E-state index is 12.2. The van der Waals surface area contributed by atoms with Gasteiger partial charge in [0.2, 0.25) is 0 Å². The Morgan fingerprint density at radius 3 is 2.48 bits per heavy atom.